The number of rotatable bonds is 2. The zero-order valence-electron chi connectivity index (χ0n) is 6.38. The Bertz CT molecular complexity index is 258. The molecular weight excluding hydrogens is 199 g/mol. The van der Waals surface area contributed by atoms with Crippen LogP contribution in [0, 0.1) is 0 Å². The molecule has 3 nitrogen and oxygen atoms in total. The van der Waals surface area contributed by atoms with Crippen LogP contribution in [-0.4, -0.2) is 16.3 Å². The van der Waals surface area contributed by atoms with Gasteiger partial charge in [-0.25, -0.2) is 0 Å². The molecule has 1 rings (SSSR count). The normalized spacial score (nSPS) is 12.7. The Kier molecular flexibility index (Phi) is 3.14. The summed E-state index contributed by atoms with van der Waals surface area (Å²) in [5, 5.41) is 12.5. The maximum Gasteiger partial charge on any atom is 0.121 e. The largest absolute Gasteiger partial charge is 0.374 e. The summed E-state index contributed by atoms with van der Waals surface area (Å²) in [6, 6.07) is 0. The van der Waals surface area contributed by atoms with Gasteiger partial charge in [0.05, 0.1) is 15.7 Å². The van der Waals surface area contributed by atoms with Gasteiger partial charge in [0.25, 0.3) is 0 Å². The molecule has 0 aromatic carbocycles. The Balaban J connectivity index is 2.96. The first-order valence-corrected chi connectivity index (χ1v) is 4.10. The van der Waals surface area contributed by atoms with E-state index in [1.807, 2.05) is 0 Å². The predicted octanol–water partition coefficient (Wildman–Crippen LogP) is 2.14. The number of halogens is 2. The molecule has 1 unspecified atom stereocenters. The molecule has 1 heterocycles. The first kappa shape index (κ1) is 9.58. The van der Waals surface area contributed by atoms with Gasteiger partial charge in [0.15, 0.2) is 0 Å². The lowest BCUT2D eigenvalue weighted by atomic mass is 10.4. The highest BCUT2D eigenvalue weighted by Crippen LogP contribution is 2.28. The van der Waals surface area contributed by atoms with Gasteiger partial charge in [-0.3, -0.25) is 4.98 Å². The van der Waals surface area contributed by atoms with Crippen LogP contribution in [0.3, 0.4) is 0 Å². The van der Waals surface area contributed by atoms with Gasteiger partial charge < -0.3 is 10.4 Å². The molecule has 0 saturated heterocycles. The molecule has 0 bridgehead atoms. The number of aromatic nitrogens is 1. The molecule has 5 heteroatoms. The lowest BCUT2D eigenvalue weighted by Gasteiger charge is -2.11. The van der Waals surface area contributed by atoms with Crippen molar-refractivity contribution in [1.82, 2.24) is 4.98 Å². The smallest absolute Gasteiger partial charge is 0.121 e. The van der Waals surface area contributed by atoms with Crippen LogP contribution in [-0.2, 0) is 0 Å². The molecule has 0 aliphatic heterocycles. The van der Waals surface area contributed by atoms with E-state index in [1.54, 1.807) is 6.92 Å². The van der Waals surface area contributed by atoms with Gasteiger partial charge in [-0.2, -0.15) is 0 Å². The highest BCUT2D eigenvalue weighted by atomic mass is 35.5. The minimum atomic E-state index is -0.692. The van der Waals surface area contributed by atoms with Crippen LogP contribution in [0.25, 0.3) is 0 Å². The zero-order valence-corrected chi connectivity index (χ0v) is 7.89. The average molecular weight is 207 g/mol. The lowest BCUT2D eigenvalue weighted by molar-refractivity contribution is 0.224. The third kappa shape index (κ3) is 2.24. The fourth-order valence-electron chi connectivity index (χ4n) is 0.758. The Labute approximate surface area is 80.3 Å². The van der Waals surface area contributed by atoms with Gasteiger partial charge in [0.2, 0.25) is 0 Å². The zero-order chi connectivity index (χ0) is 9.14. The van der Waals surface area contributed by atoms with Gasteiger partial charge >= 0.3 is 0 Å². The first-order chi connectivity index (χ1) is 5.61. The minimum Gasteiger partial charge on any atom is -0.374 e. The van der Waals surface area contributed by atoms with Crippen LogP contribution in [0.15, 0.2) is 12.4 Å². The highest BCUT2D eigenvalue weighted by Gasteiger charge is 2.06. The Hall–Kier alpha value is -0.510. The molecule has 0 aliphatic rings. The first-order valence-electron chi connectivity index (χ1n) is 3.35. The van der Waals surface area contributed by atoms with Crippen molar-refractivity contribution in [2.75, 3.05) is 5.32 Å². The van der Waals surface area contributed by atoms with E-state index < -0.39 is 6.23 Å². The summed E-state index contributed by atoms with van der Waals surface area (Å²) in [6.45, 7) is 1.58. The Morgan fingerprint density at radius 2 is 1.92 bits per heavy atom. The van der Waals surface area contributed by atoms with Crippen LogP contribution in [0.2, 0.25) is 10.0 Å². The summed E-state index contributed by atoms with van der Waals surface area (Å²) >= 11 is 11.5. The number of hydrogen-bond donors (Lipinski definition) is 2. The maximum absolute atomic E-state index is 9.01. The lowest BCUT2D eigenvalue weighted by Crippen LogP contribution is -2.14. The molecule has 0 amide bonds. The van der Waals surface area contributed by atoms with E-state index in [9.17, 15) is 0 Å². The second kappa shape index (κ2) is 3.94. The topological polar surface area (TPSA) is 45.1 Å². The minimum absolute atomic E-state index is 0.392. The summed E-state index contributed by atoms with van der Waals surface area (Å²) in [5.41, 5.74) is 0.503. The molecule has 12 heavy (non-hydrogen) atoms. The molecular formula is C7H8Cl2N2O. The van der Waals surface area contributed by atoms with E-state index in [4.69, 9.17) is 28.3 Å². The number of aliphatic hydroxyl groups excluding tert-OH is 1. The number of hydrogen-bond acceptors (Lipinski definition) is 3. The second-order valence-corrected chi connectivity index (χ2v) is 3.11. The standard InChI is InChI=1S/C7H8Cl2N2O/c1-4(12)11-7-5(8)2-10-3-6(7)9/h2-4,12H,1H3,(H,10,11). The molecule has 0 spiro atoms. The van der Waals surface area contributed by atoms with Crippen LogP contribution in [0.5, 0.6) is 0 Å². The summed E-state index contributed by atoms with van der Waals surface area (Å²) < 4.78 is 0. The van der Waals surface area contributed by atoms with Crippen molar-refractivity contribution in [3.63, 3.8) is 0 Å². The van der Waals surface area contributed by atoms with E-state index in [-0.39, 0.29) is 0 Å². The van der Waals surface area contributed by atoms with E-state index in [2.05, 4.69) is 10.3 Å². The van der Waals surface area contributed by atoms with Gasteiger partial charge in [-0.1, -0.05) is 23.2 Å². The van der Waals surface area contributed by atoms with Gasteiger partial charge in [-0.15, -0.1) is 0 Å². The van der Waals surface area contributed by atoms with Crippen molar-refractivity contribution in [2.24, 2.45) is 0 Å². The van der Waals surface area contributed by atoms with Crippen LogP contribution < -0.4 is 5.32 Å². The average Bonchev–Trinajstić information content (AvgIpc) is 1.97. The monoisotopic (exact) mass is 206 g/mol. The van der Waals surface area contributed by atoms with E-state index in [0.717, 1.165) is 0 Å². The van der Waals surface area contributed by atoms with Crippen LogP contribution in [0.1, 0.15) is 6.92 Å². The Morgan fingerprint density at radius 1 is 1.42 bits per heavy atom. The van der Waals surface area contributed by atoms with Gasteiger partial charge in [0, 0.05) is 12.4 Å². The summed E-state index contributed by atoms with van der Waals surface area (Å²) in [6.07, 6.45) is 2.22. The SMILES string of the molecule is CC(O)Nc1c(Cl)cncc1Cl. The van der Waals surface area contributed by atoms with Crippen molar-refractivity contribution in [3.8, 4) is 0 Å². The van der Waals surface area contributed by atoms with Crippen molar-refractivity contribution in [1.29, 1.82) is 0 Å². The Morgan fingerprint density at radius 3 is 2.33 bits per heavy atom. The highest BCUT2D eigenvalue weighted by molar-refractivity contribution is 6.38. The third-order valence-corrected chi connectivity index (χ3v) is 1.78. The number of pyridine rings is 1. The van der Waals surface area contributed by atoms with Crippen LogP contribution in [0.4, 0.5) is 5.69 Å². The van der Waals surface area contributed by atoms with Crippen molar-refractivity contribution < 1.29 is 5.11 Å². The van der Waals surface area contributed by atoms with Gasteiger partial charge in [0.1, 0.15) is 6.23 Å². The molecule has 66 valence electrons. The van der Waals surface area contributed by atoms with E-state index >= 15 is 0 Å². The summed E-state index contributed by atoms with van der Waals surface area (Å²) in [4.78, 5) is 3.77. The summed E-state index contributed by atoms with van der Waals surface area (Å²) in [5.74, 6) is 0. The number of nitrogens with zero attached hydrogens (tertiary/aromatic N) is 1. The quantitative estimate of drug-likeness (QED) is 0.730. The molecule has 0 radical (unpaired) electrons. The fourth-order valence-corrected chi connectivity index (χ4v) is 1.23. The fraction of sp³-hybridized carbons (Fsp3) is 0.286. The van der Waals surface area contributed by atoms with E-state index in [1.165, 1.54) is 12.4 Å². The molecule has 0 aliphatic carbocycles. The van der Waals surface area contributed by atoms with E-state index in [0.29, 0.717) is 15.7 Å². The number of anilines is 1. The molecule has 1 aromatic heterocycles. The molecule has 1 atom stereocenters. The third-order valence-electron chi connectivity index (χ3n) is 1.21. The second-order valence-electron chi connectivity index (χ2n) is 2.30. The molecule has 2 N–H and O–H groups in total. The van der Waals surface area contributed by atoms with Crippen LogP contribution >= 0.6 is 23.2 Å². The summed E-state index contributed by atoms with van der Waals surface area (Å²) in [7, 11) is 0. The van der Waals surface area contributed by atoms with Crippen molar-refractivity contribution in [2.45, 2.75) is 13.2 Å². The van der Waals surface area contributed by atoms with Crippen molar-refractivity contribution in [3.05, 3.63) is 22.4 Å². The number of aliphatic hydroxyl groups is 1. The molecule has 0 fully saturated rings. The molecule has 1 aromatic rings. The predicted molar refractivity (Wildman–Crippen MR) is 49.6 cm³/mol. The molecule has 0 saturated carbocycles. The number of nitrogens with one attached hydrogen (secondary N) is 1. The van der Waals surface area contributed by atoms with Gasteiger partial charge in [-0.05, 0) is 6.92 Å². The maximum atomic E-state index is 9.01. The van der Waals surface area contributed by atoms with Crippen molar-refractivity contribution >= 4 is 28.9 Å².